The molecule has 0 radical (unpaired) electrons. The number of hydrogen-bond donors (Lipinski definition) is 1. The van der Waals surface area contributed by atoms with Gasteiger partial charge in [-0.3, -0.25) is 4.79 Å². The molecule has 0 unspecified atom stereocenters. The predicted molar refractivity (Wildman–Crippen MR) is 101 cm³/mol. The molecule has 0 saturated heterocycles. The molecule has 0 aliphatic heterocycles. The molecular formula is C20H22N4O3. The van der Waals surface area contributed by atoms with E-state index in [-0.39, 0.29) is 12.3 Å². The lowest BCUT2D eigenvalue weighted by atomic mass is 10.1. The number of hydrogen-bond acceptors (Lipinski definition) is 5. The highest BCUT2D eigenvalue weighted by Gasteiger charge is 2.08. The van der Waals surface area contributed by atoms with Gasteiger partial charge in [-0.2, -0.15) is 5.10 Å². The minimum Gasteiger partial charge on any atom is -0.493 e. The lowest BCUT2D eigenvalue weighted by Crippen LogP contribution is -2.24. The molecule has 27 heavy (non-hydrogen) atoms. The Labute approximate surface area is 158 Å². The second-order valence-electron chi connectivity index (χ2n) is 6.05. The lowest BCUT2D eigenvalue weighted by molar-refractivity contribution is -0.120. The minimum atomic E-state index is -0.0473. The topological polar surface area (TPSA) is 78.3 Å². The van der Waals surface area contributed by atoms with Gasteiger partial charge in [0.25, 0.3) is 0 Å². The van der Waals surface area contributed by atoms with Crippen LogP contribution in [0.4, 0.5) is 0 Å². The molecule has 1 heterocycles. The number of amides is 1. The van der Waals surface area contributed by atoms with Gasteiger partial charge in [-0.25, -0.2) is 9.67 Å². The van der Waals surface area contributed by atoms with E-state index in [4.69, 9.17) is 9.47 Å². The summed E-state index contributed by atoms with van der Waals surface area (Å²) >= 11 is 0. The molecule has 0 spiro atoms. The minimum absolute atomic E-state index is 0.0473. The van der Waals surface area contributed by atoms with Gasteiger partial charge in [-0.15, -0.1) is 0 Å². The molecular weight excluding hydrogens is 344 g/mol. The molecule has 2 aromatic carbocycles. The number of ether oxygens (including phenoxy) is 2. The number of nitrogens with one attached hydrogen (secondary N) is 1. The Morgan fingerprint density at radius 1 is 1.00 bits per heavy atom. The summed E-state index contributed by atoms with van der Waals surface area (Å²) in [5, 5.41) is 7.03. The Morgan fingerprint density at radius 2 is 1.70 bits per heavy atom. The summed E-state index contributed by atoms with van der Waals surface area (Å²) in [5.41, 5.74) is 3.03. The molecule has 0 fully saturated rings. The number of nitrogens with zero attached hydrogens (tertiary/aromatic N) is 3. The average Bonchev–Trinajstić information content (AvgIpc) is 3.20. The van der Waals surface area contributed by atoms with Gasteiger partial charge < -0.3 is 14.8 Å². The molecule has 0 bridgehead atoms. The molecule has 1 N–H and O–H groups in total. The van der Waals surface area contributed by atoms with Gasteiger partial charge in [0.05, 0.1) is 27.2 Å². The number of methoxy groups -OCH3 is 2. The standard InChI is InChI=1S/C20H22N4O3/c1-26-18-8-7-17(9-19(18)27-2)10-20(25)22-11-15-3-5-16(6-4-15)12-24-14-21-13-23-24/h3-9,13-14H,10-12H2,1-2H3,(H,22,25). The third-order valence-electron chi connectivity index (χ3n) is 4.14. The van der Waals surface area contributed by atoms with Crippen molar-refractivity contribution in [3.8, 4) is 11.5 Å². The highest BCUT2D eigenvalue weighted by molar-refractivity contribution is 5.78. The summed E-state index contributed by atoms with van der Waals surface area (Å²) in [5.74, 6) is 1.22. The number of benzene rings is 2. The van der Waals surface area contributed by atoms with Crippen molar-refractivity contribution in [1.29, 1.82) is 0 Å². The van der Waals surface area contributed by atoms with Crippen molar-refractivity contribution in [2.45, 2.75) is 19.5 Å². The first-order valence-electron chi connectivity index (χ1n) is 8.56. The molecule has 3 aromatic rings. The fraction of sp³-hybridized carbons (Fsp3) is 0.250. The van der Waals surface area contributed by atoms with Crippen molar-refractivity contribution in [3.05, 3.63) is 71.8 Å². The molecule has 1 aromatic heterocycles. The zero-order chi connectivity index (χ0) is 19.1. The number of aromatic nitrogens is 3. The van der Waals surface area contributed by atoms with Crippen molar-refractivity contribution >= 4 is 5.91 Å². The largest absolute Gasteiger partial charge is 0.493 e. The first-order chi connectivity index (χ1) is 13.2. The highest BCUT2D eigenvalue weighted by Crippen LogP contribution is 2.27. The maximum absolute atomic E-state index is 12.2. The van der Waals surface area contributed by atoms with E-state index in [1.54, 1.807) is 31.3 Å². The number of carbonyl (C=O) groups is 1. The van der Waals surface area contributed by atoms with Crippen LogP contribution in [0.5, 0.6) is 11.5 Å². The van der Waals surface area contributed by atoms with Gasteiger partial charge in [0.1, 0.15) is 12.7 Å². The van der Waals surface area contributed by atoms with Gasteiger partial charge in [0.2, 0.25) is 5.91 Å². The predicted octanol–water partition coefficient (Wildman–Crippen LogP) is 2.20. The SMILES string of the molecule is COc1ccc(CC(=O)NCc2ccc(Cn3cncn3)cc2)cc1OC. The zero-order valence-electron chi connectivity index (χ0n) is 15.4. The molecule has 3 rings (SSSR count). The fourth-order valence-electron chi connectivity index (χ4n) is 2.70. The summed E-state index contributed by atoms with van der Waals surface area (Å²) in [4.78, 5) is 16.1. The van der Waals surface area contributed by atoms with Crippen molar-refractivity contribution in [1.82, 2.24) is 20.1 Å². The van der Waals surface area contributed by atoms with E-state index in [1.807, 2.05) is 36.4 Å². The van der Waals surface area contributed by atoms with Crippen LogP contribution in [0, 0.1) is 0 Å². The van der Waals surface area contributed by atoms with Crippen LogP contribution in [0.25, 0.3) is 0 Å². The Balaban J connectivity index is 1.51. The van der Waals surface area contributed by atoms with Crippen molar-refractivity contribution < 1.29 is 14.3 Å². The second-order valence-corrected chi connectivity index (χ2v) is 6.05. The molecule has 0 aliphatic rings. The Hall–Kier alpha value is -3.35. The van der Waals surface area contributed by atoms with Crippen molar-refractivity contribution in [2.75, 3.05) is 14.2 Å². The number of carbonyl (C=O) groups excluding carboxylic acids is 1. The third kappa shape index (κ3) is 5.07. The van der Waals surface area contributed by atoms with Crippen molar-refractivity contribution in [2.24, 2.45) is 0 Å². The van der Waals surface area contributed by atoms with Crippen LogP contribution in [0.2, 0.25) is 0 Å². The Bertz CT molecular complexity index is 877. The molecule has 0 atom stereocenters. The van der Waals surface area contributed by atoms with Gasteiger partial charge in [0, 0.05) is 6.54 Å². The quantitative estimate of drug-likeness (QED) is 0.661. The first kappa shape index (κ1) is 18.4. The summed E-state index contributed by atoms with van der Waals surface area (Å²) < 4.78 is 12.2. The normalized spacial score (nSPS) is 10.4. The Kier molecular flexibility index (Phi) is 6.04. The van der Waals surface area contributed by atoms with E-state index in [2.05, 4.69) is 15.4 Å². The van der Waals surface area contributed by atoms with Gasteiger partial charge in [0.15, 0.2) is 11.5 Å². The van der Waals surface area contributed by atoms with E-state index < -0.39 is 0 Å². The summed E-state index contributed by atoms with van der Waals surface area (Å²) in [6, 6.07) is 13.5. The van der Waals surface area contributed by atoms with E-state index in [0.717, 1.165) is 16.7 Å². The van der Waals surface area contributed by atoms with Crippen LogP contribution in [0.1, 0.15) is 16.7 Å². The van der Waals surface area contributed by atoms with Crippen LogP contribution >= 0.6 is 0 Å². The smallest absolute Gasteiger partial charge is 0.224 e. The molecule has 1 amide bonds. The van der Waals surface area contributed by atoms with Crippen LogP contribution in [-0.4, -0.2) is 34.9 Å². The van der Waals surface area contributed by atoms with Crippen LogP contribution in [0.15, 0.2) is 55.1 Å². The van der Waals surface area contributed by atoms with E-state index in [1.165, 1.54) is 6.33 Å². The maximum atomic E-state index is 12.2. The van der Waals surface area contributed by atoms with Crippen molar-refractivity contribution in [3.63, 3.8) is 0 Å². The highest BCUT2D eigenvalue weighted by atomic mass is 16.5. The zero-order valence-corrected chi connectivity index (χ0v) is 15.4. The van der Waals surface area contributed by atoms with Gasteiger partial charge >= 0.3 is 0 Å². The average molecular weight is 366 g/mol. The molecule has 0 saturated carbocycles. The van der Waals surface area contributed by atoms with Gasteiger partial charge in [-0.1, -0.05) is 30.3 Å². The number of rotatable bonds is 8. The fourth-order valence-corrected chi connectivity index (χ4v) is 2.70. The van der Waals surface area contributed by atoms with Crippen LogP contribution in [0.3, 0.4) is 0 Å². The third-order valence-corrected chi connectivity index (χ3v) is 4.14. The maximum Gasteiger partial charge on any atom is 0.224 e. The lowest BCUT2D eigenvalue weighted by Gasteiger charge is -2.10. The molecule has 7 heteroatoms. The van der Waals surface area contributed by atoms with Gasteiger partial charge in [-0.05, 0) is 28.8 Å². The monoisotopic (exact) mass is 366 g/mol. The van der Waals surface area contributed by atoms with E-state index >= 15 is 0 Å². The van der Waals surface area contributed by atoms with E-state index in [9.17, 15) is 4.79 Å². The van der Waals surface area contributed by atoms with Crippen LogP contribution < -0.4 is 14.8 Å². The molecule has 7 nitrogen and oxygen atoms in total. The molecule has 0 aliphatic carbocycles. The molecule has 140 valence electrons. The van der Waals surface area contributed by atoms with E-state index in [0.29, 0.717) is 24.6 Å². The first-order valence-corrected chi connectivity index (χ1v) is 8.56. The second kappa shape index (κ2) is 8.84. The summed E-state index contributed by atoms with van der Waals surface area (Å²) in [6.45, 7) is 1.15. The van der Waals surface area contributed by atoms with Crippen LogP contribution in [-0.2, 0) is 24.3 Å². The Morgan fingerprint density at radius 3 is 2.37 bits per heavy atom. The summed E-state index contributed by atoms with van der Waals surface area (Å²) in [6.07, 6.45) is 3.48. The summed E-state index contributed by atoms with van der Waals surface area (Å²) in [7, 11) is 3.16.